The predicted octanol–water partition coefficient (Wildman–Crippen LogP) is 4.28. The molecule has 0 saturated heterocycles. The van der Waals surface area contributed by atoms with E-state index in [9.17, 15) is 23.1 Å². The SMILES string of the molecule is CC(O)(CC(=O)Nc1nc2cc(C#N)c(C(F)(F)F)nc2n1C1CCC1)c1ccccc1. The first-order valence-corrected chi connectivity index (χ1v) is 10.1. The molecule has 0 radical (unpaired) electrons. The van der Waals surface area contributed by atoms with E-state index in [0.29, 0.717) is 18.4 Å². The highest BCUT2D eigenvalue weighted by Gasteiger charge is 2.38. The summed E-state index contributed by atoms with van der Waals surface area (Å²) in [7, 11) is 0. The van der Waals surface area contributed by atoms with E-state index in [1.54, 1.807) is 30.3 Å². The summed E-state index contributed by atoms with van der Waals surface area (Å²) < 4.78 is 41.7. The zero-order valence-electron chi connectivity index (χ0n) is 17.1. The largest absolute Gasteiger partial charge is 0.434 e. The number of benzene rings is 1. The molecule has 1 unspecified atom stereocenters. The molecule has 1 saturated carbocycles. The van der Waals surface area contributed by atoms with Crippen molar-refractivity contribution in [3.8, 4) is 6.07 Å². The summed E-state index contributed by atoms with van der Waals surface area (Å²) >= 11 is 0. The molecule has 0 spiro atoms. The van der Waals surface area contributed by atoms with Gasteiger partial charge in [-0.05, 0) is 37.8 Å². The van der Waals surface area contributed by atoms with Gasteiger partial charge in [0.05, 0.1) is 17.6 Å². The Morgan fingerprint density at radius 3 is 2.53 bits per heavy atom. The van der Waals surface area contributed by atoms with Gasteiger partial charge in [0.2, 0.25) is 11.9 Å². The summed E-state index contributed by atoms with van der Waals surface area (Å²) in [6.07, 6.45) is -2.78. The van der Waals surface area contributed by atoms with Gasteiger partial charge in [0.15, 0.2) is 11.3 Å². The topological polar surface area (TPSA) is 104 Å². The second-order valence-electron chi connectivity index (χ2n) is 8.09. The highest BCUT2D eigenvalue weighted by atomic mass is 19.4. The van der Waals surface area contributed by atoms with Gasteiger partial charge in [-0.25, -0.2) is 9.97 Å². The van der Waals surface area contributed by atoms with E-state index in [1.807, 2.05) is 0 Å². The minimum Gasteiger partial charge on any atom is -0.385 e. The number of carbonyl (C=O) groups is 1. The Bertz CT molecular complexity index is 1210. The predicted molar refractivity (Wildman–Crippen MR) is 109 cm³/mol. The van der Waals surface area contributed by atoms with Crippen LogP contribution in [0.1, 0.15) is 55.5 Å². The van der Waals surface area contributed by atoms with Gasteiger partial charge in [0.25, 0.3) is 0 Å². The number of hydrogen-bond acceptors (Lipinski definition) is 5. The van der Waals surface area contributed by atoms with Crippen molar-refractivity contribution < 1.29 is 23.1 Å². The van der Waals surface area contributed by atoms with Crippen LogP contribution in [0.4, 0.5) is 19.1 Å². The number of halogens is 3. The molecule has 32 heavy (non-hydrogen) atoms. The van der Waals surface area contributed by atoms with Crippen LogP contribution >= 0.6 is 0 Å². The third-order valence-corrected chi connectivity index (χ3v) is 5.65. The van der Waals surface area contributed by atoms with Crippen molar-refractivity contribution in [1.82, 2.24) is 14.5 Å². The van der Waals surface area contributed by atoms with E-state index in [-0.39, 0.29) is 29.6 Å². The number of aromatic nitrogens is 3. The first-order chi connectivity index (χ1) is 15.1. The number of carbonyl (C=O) groups excluding carboxylic acids is 1. The lowest BCUT2D eigenvalue weighted by Crippen LogP contribution is -2.30. The molecular weight excluding hydrogens is 423 g/mol. The highest BCUT2D eigenvalue weighted by Crippen LogP contribution is 2.39. The molecule has 1 fully saturated rings. The zero-order chi connectivity index (χ0) is 23.1. The van der Waals surface area contributed by atoms with Crippen LogP contribution < -0.4 is 5.32 Å². The fraction of sp³-hybridized carbons (Fsp3) is 0.364. The Balaban J connectivity index is 1.71. The molecule has 166 valence electrons. The van der Waals surface area contributed by atoms with Gasteiger partial charge in [-0.2, -0.15) is 18.4 Å². The molecule has 2 N–H and O–H groups in total. The third-order valence-electron chi connectivity index (χ3n) is 5.65. The monoisotopic (exact) mass is 443 g/mol. The van der Waals surface area contributed by atoms with E-state index < -0.39 is 28.9 Å². The van der Waals surface area contributed by atoms with E-state index in [1.165, 1.54) is 17.6 Å². The Morgan fingerprint density at radius 2 is 1.97 bits per heavy atom. The van der Waals surface area contributed by atoms with E-state index >= 15 is 0 Å². The smallest absolute Gasteiger partial charge is 0.385 e. The number of imidazole rings is 1. The van der Waals surface area contributed by atoms with Gasteiger partial charge in [0, 0.05) is 6.04 Å². The molecular formula is C22H20F3N5O2. The number of amides is 1. The molecule has 4 rings (SSSR count). The molecule has 1 aromatic carbocycles. The van der Waals surface area contributed by atoms with E-state index in [4.69, 9.17) is 5.26 Å². The van der Waals surface area contributed by atoms with Gasteiger partial charge < -0.3 is 5.11 Å². The lowest BCUT2D eigenvalue weighted by Gasteiger charge is -2.29. The Labute approximate surface area is 181 Å². The number of nitriles is 1. The van der Waals surface area contributed by atoms with Crippen LogP contribution in [-0.2, 0) is 16.6 Å². The van der Waals surface area contributed by atoms with Crippen molar-refractivity contribution in [2.24, 2.45) is 0 Å². The second-order valence-corrected chi connectivity index (χ2v) is 8.09. The second kappa shape index (κ2) is 7.91. The van der Waals surface area contributed by atoms with Gasteiger partial charge >= 0.3 is 6.18 Å². The zero-order valence-corrected chi connectivity index (χ0v) is 17.1. The maximum Gasteiger partial charge on any atom is 0.434 e. The number of aliphatic hydroxyl groups is 1. The summed E-state index contributed by atoms with van der Waals surface area (Å²) in [5.74, 6) is -0.499. The van der Waals surface area contributed by atoms with Crippen LogP contribution in [0.2, 0.25) is 0 Å². The molecule has 1 atom stereocenters. The van der Waals surface area contributed by atoms with Gasteiger partial charge in [-0.15, -0.1) is 0 Å². The molecule has 1 aliphatic carbocycles. The quantitative estimate of drug-likeness (QED) is 0.613. The number of nitrogens with zero attached hydrogens (tertiary/aromatic N) is 4. The fourth-order valence-electron chi connectivity index (χ4n) is 3.78. The Hall–Kier alpha value is -3.45. The van der Waals surface area contributed by atoms with Crippen molar-refractivity contribution in [3.63, 3.8) is 0 Å². The van der Waals surface area contributed by atoms with Crippen LogP contribution in [0.25, 0.3) is 11.2 Å². The van der Waals surface area contributed by atoms with Crippen molar-refractivity contribution in [1.29, 1.82) is 5.26 Å². The van der Waals surface area contributed by atoms with Crippen LogP contribution in [-0.4, -0.2) is 25.5 Å². The number of rotatable bonds is 5. The number of fused-ring (bicyclic) bond motifs is 1. The number of nitrogens with one attached hydrogen (secondary N) is 1. The van der Waals surface area contributed by atoms with E-state index in [2.05, 4.69) is 15.3 Å². The summed E-state index contributed by atoms with van der Waals surface area (Å²) in [5, 5.41) is 22.5. The standard InChI is InChI=1S/C22H20F3N5O2/c1-21(32,14-6-3-2-4-7-14)11-17(31)28-20-27-16-10-13(12-26)18(22(23,24)25)29-19(16)30(20)15-8-5-9-15/h2-4,6-7,10,15,32H,5,8-9,11H2,1H3,(H,27,28,31). The number of pyridine rings is 1. The first kappa shape index (κ1) is 21.8. The lowest BCUT2D eigenvalue weighted by atomic mass is 9.92. The normalized spacial score (nSPS) is 16.2. The highest BCUT2D eigenvalue weighted by molar-refractivity contribution is 5.92. The van der Waals surface area contributed by atoms with Crippen LogP contribution in [0.3, 0.4) is 0 Å². The molecule has 7 nitrogen and oxygen atoms in total. The lowest BCUT2D eigenvalue weighted by molar-refractivity contribution is -0.141. The van der Waals surface area contributed by atoms with Gasteiger partial charge in [-0.1, -0.05) is 30.3 Å². The van der Waals surface area contributed by atoms with Crippen LogP contribution in [0.15, 0.2) is 36.4 Å². The Morgan fingerprint density at radius 1 is 1.28 bits per heavy atom. The molecule has 10 heteroatoms. The van der Waals surface area contributed by atoms with Crippen molar-refractivity contribution in [2.75, 3.05) is 5.32 Å². The molecule has 2 aromatic heterocycles. The number of anilines is 1. The Kier molecular flexibility index (Phi) is 5.38. The maximum absolute atomic E-state index is 13.4. The average molecular weight is 443 g/mol. The van der Waals surface area contributed by atoms with Crippen LogP contribution in [0.5, 0.6) is 0 Å². The number of hydrogen-bond donors (Lipinski definition) is 2. The minimum absolute atomic E-state index is 0.0360. The van der Waals surface area contributed by atoms with E-state index in [0.717, 1.165) is 12.5 Å². The minimum atomic E-state index is -4.80. The third kappa shape index (κ3) is 4.03. The molecule has 0 aliphatic heterocycles. The van der Waals surface area contributed by atoms with Crippen molar-refractivity contribution >= 4 is 23.0 Å². The summed E-state index contributed by atoms with van der Waals surface area (Å²) in [4.78, 5) is 20.7. The molecule has 1 amide bonds. The summed E-state index contributed by atoms with van der Waals surface area (Å²) in [6.45, 7) is 1.51. The number of alkyl halides is 3. The first-order valence-electron chi connectivity index (χ1n) is 10.1. The fourth-order valence-corrected chi connectivity index (χ4v) is 3.78. The van der Waals surface area contributed by atoms with Gasteiger partial charge in [-0.3, -0.25) is 14.7 Å². The maximum atomic E-state index is 13.4. The summed E-state index contributed by atoms with van der Waals surface area (Å²) in [6, 6.07) is 11.1. The molecule has 1 aliphatic rings. The molecule has 3 aromatic rings. The molecule has 2 heterocycles. The van der Waals surface area contributed by atoms with Crippen molar-refractivity contribution in [3.05, 3.63) is 53.2 Å². The van der Waals surface area contributed by atoms with Crippen molar-refractivity contribution in [2.45, 2.75) is 50.4 Å². The average Bonchev–Trinajstić information content (AvgIpc) is 3.02. The molecule has 0 bridgehead atoms. The summed E-state index contributed by atoms with van der Waals surface area (Å²) in [5.41, 5.74) is -2.75. The van der Waals surface area contributed by atoms with Gasteiger partial charge in [0.1, 0.15) is 11.6 Å². The van der Waals surface area contributed by atoms with Crippen LogP contribution in [0, 0.1) is 11.3 Å².